The van der Waals surface area contributed by atoms with Crippen LogP contribution < -0.4 is 4.72 Å². The van der Waals surface area contributed by atoms with E-state index in [1.54, 1.807) is 12.1 Å². The zero-order chi connectivity index (χ0) is 18.7. The number of sulfonamides is 1. The molecule has 1 N–H and O–H groups in total. The molecule has 0 saturated carbocycles. The van der Waals surface area contributed by atoms with Gasteiger partial charge in [-0.25, -0.2) is 22.8 Å². The molecule has 26 heavy (non-hydrogen) atoms. The van der Waals surface area contributed by atoms with Gasteiger partial charge < -0.3 is 0 Å². The van der Waals surface area contributed by atoms with Gasteiger partial charge in [-0.1, -0.05) is 19.1 Å². The van der Waals surface area contributed by atoms with Gasteiger partial charge in [0, 0.05) is 24.0 Å². The van der Waals surface area contributed by atoms with Crippen molar-refractivity contribution in [1.82, 2.24) is 19.5 Å². The number of rotatable bonds is 7. The second kappa shape index (κ2) is 7.69. The fourth-order valence-electron chi connectivity index (χ4n) is 2.63. The summed E-state index contributed by atoms with van der Waals surface area (Å²) in [6.45, 7) is 6.27. The van der Waals surface area contributed by atoms with Crippen molar-refractivity contribution >= 4 is 21.4 Å². The number of hydrogen-bond donors (Lipinski definition) is 1. The number of thiazole rings is 1. The summed E-state index contributed by atoms with van der Waals surface area (Å²) in [5.41, 5.74) is 3.94. The van der Waals surface area contributed by atoms with E-state index in [9.17, 15) is 8.42 Å². The van der Waals surface area contributed by atoms with E-state index in [-0.39, 0.29) is 4.90 Å². The Morgan fingerprint density at radius 1 is 1.19 bits per heavy atom. The van der Waals surface area contributed by atoms with Crippen LogP contribution in [-0.4, -0.2) is 29.7 Å². The first-order valence-corrected chi connectivity index (χ1v) is 10.8. The standard InChI is InChI=1S/C18H22N4O2S2/c1-4-15-5-7-17(8-6-15)26(23,24)19-10-9-16-12-25-18(20-16)22-14(3)11-13(2)21-22/h5-8,11-12,19H,4,9-10H2,1-3H3. The molecule has 8 heteroatoms. The normalized spacial score (nSPS) is 11.8. The number of nitrogens with zero attached hydrogens (tertiary/aromatic N) is 3. The minimum absolute atomic E-state index is 0.288. The van der Waals surface area contributed by atoms with E-state index >= 15 is 0 Å². The minimum Gasteiger partial charge on any atom is -0.223 e. The highest BCUT2D eigenvalue weighted by atomic mass is 32.2. The van der Waals surface area contributed by atoms with Gasteiger partial charge in [0.25, 0.3) is 0 Å². The molecule has 0 aliphatic carbocycles. The van der Waals surface area contributed by atoms with Gasteiger partial charge in [-0.3, -0.25) is 0 Å². The second-order valence-corrected chi connectivity index (χ2v) is 8.71. The predicted molar refractivity (Wildman–Crippen MR) is 103 cm³/mol. The van der Waals surface area contributed by atoms with E-state index in [0.29, 0.717) is 13.0 Å². The van der Waals surface area contributed by atoms with E-state index < -0.39 is 10.0 Å². The zero-order valence-corrected chi connectivity index (χ0v) is 16.7. The molecule has 1 aromatic carbocycles. The van der Waals surface area contributed by atoms with Crippen molar-refractivity contribution in [1.29, 1.82) is 0 Å². The molecule has 0 bridgehead atoms. The molecule has 0 spiro atoms. The van der Waals surface area contributed by atoms with Gasteiger partial charge in [0.2, 0.25) is 15.2 Å². The van der Waals surface area contributed by atoms with Crippen molar-refractivity contribution in [2.75, 3.05) is 6.54 Å². The summed E-state index contributed by atoms with van der Waals surface area (Å²) in [5, 5.41) is 7.16. The molecule has 0 aliphatic heterocycles. The molecule has 6 nitrogen and oxygen atoms in total. The van der Waals surface area contributed by atoms with Gasteiger partial charge in [-0.05, 0) is 44.0 Å². The Bertz CT molecular complexity index is 989. The Balaban J connectivity index is 1.62. The Kier molecular flexibility index (Phi) is 5.55. The van der Waals surface area contributed by atoms with E-state index in [2.05, 4.69) is 14.8 Å². The molecule has 0 atom stereocenters. The van der Waals surface area contributed by atoms with E-state index in [4.69, 9.17) is 0 Å². The van der Waals surface area contributed by atoms with Crippen molar-refractivity contribution in [2.45, 2.75) is 38.5 Å². The average Bonchev–Trinajstić information content (AvgIpc) is 3.20. The molecular formula is C18H22N4O2S2. The van der Waals surface area contributed by atoms with E-state index in [1.807, 2.05) is 49.0 Å². The average molecular weight is 391 g/mol. The van der Waals surface area contributed by atoms with Crippen LogP contribution in [0.2, 0.25) is 0 Å². The lowest BCUT2D eigenvalue weighted by Gasteiger charge is -2.06. The molecular weight excluding hydrogens is 368 g/mol. The van der Waals surface area contributed by atoms with Crippen LogP contribution >= 0.6 is 11.3 Å². The molecule has 2 aromatic heterocycles. The number of benzene rings is 1. The summed E-state index contributed by atoms with van der Waals surface area (Å²) in [7, 11) is -3.50. The fraction of sp³-hybridized carbons (Fsp3) is 0.333. The van der Waals surface area contributed by atoms with Crippen molar-refractivity contribution in [3.05, 3.63) is 58.4 Å². The van der Waals surface area contributed by atoms with Crippen LogP contribution in [0.15, 0.2) is 40.6 Å². The molecule has 0 saturated heterocycles. The first kappa shape index (κ1) is 18.8. The maximum absolute atomic E-state index is 12.4. The maximum Gasteiger partial charge on any atom is 0.240 e. The van der Waals surface area contributed by atoms with Crippen molar-refractivity contribution in [3.63, 3.8) is 0 Å². The third kappa shape index (κ3) is 4.20. The number of aryl methyl sites for hydroxylation is 3. The maximum atomic E-state index is 12.4. The topological polar surface area (TPSA) is 76.9 Å². The Hall–Kier alpha value is -2.03. The first-order valence-electron chi connectivity index (χ1n) is 8.45. The van der Waals surface area contributed by atoms with Gasteiger partial charge in [0.1, 0.15) is 0 Å². The van der Waals surface area contributed by atoms with Crippen molar-refractivity contribution in [3.8, 4) is 5.13 Å². The van der Waals surface area contributed by atoms with E-state index in [1.165, 1.54) is 11.3 Å². The first-order chi connectivity index (χ1) is 12.4. The Morgan fingerprint density at radius 3 is 2.54 bits per heavy atom. The van der Waals surface area contributed by atoms with Crippen molar-refractivity contribution in [2.24, 2.45) is 0 Å². The third-order valence-electron chi connectivity index (χ3n) is 4.05. The lowest BCUT2D eigenvalue weighted by molar-refractivity contribution is 0.581. The number of nitrogens with one attached hydrogen (secondary N) is 1. The summed E-state index contributed by atoms with van der Waals surface area (Å²) in [6, 6.07) is 8.97. The summed E-state index contributed by atoms with van der Waals surface area (Å²) in [6.07, 6.45) is 1.41. The van der Waals surface area contributed by atoms with Gasteiger partial charge in [0.05, 0.1) is 16.3 Å². The molecule has 0 amide bonds. The summed E-state index contributed by atoms with van der Waals surface area (Å²) in [5.74, 6) is 0. The summed E-state index contributed by atoms with van der Waals surface area (Å²) < 4.78 is 29.2. The quantitative estimate of drug-likeness (QED) is 0.673. The SMILES string of the molecule is CCc1ccc(S(=O)(=O)NCCc2csc(-n3nc(C)cc3C)n2)cc1. The highest BCUT2D eigenvalue weighted by molar-refractivity contribution is 7.89. The summed E-state index contributed by atoms with van der Waals surface area (Å²) >= 11 is 1.50. The van der Waals surface area contributed by atoms with Crippen LogP contribution in [-0.2, 0) is 22.9 Å². The molecule has 138 valence electrons. The van der Waals surface area contributed by atoms with Gasteiger partial charge in [0.15, 0.2) is 0 Å². The lowest BCUT2D eigenvalue weighted by Crippen LogP contribution is -2.26. The monoisotopic (exact) mass is 390 g/mol. The molecule has 0 fully saturated rings. The third-order valence-corrected chi connectivity index (χ3v) is 6.39. The molecule has 0 unspecified atom stereocenters. The second-order valence-electron chi connectivity index (χ2n) is 6.11. The lowest BCUT2D eigenvalue weighted by atomic mass is 10.2. The largest absolute Gasteiger partial charge is 0.240 e. The minimum atomic E-state index is -3.50. The van der Waals surface area contributed by atoms with Crippen LogP contribution in [0.3, 0.4) is 0 Å². The smallest absolute Gasteiger partial charge is 0.223 e. The summed E-state index contributed by atoms with van der Waals surface area (Å²) in [4.78, 5) is 4.84. The molecule has 0 aliphatic rings. The highest BCUT2D eigenvalue weighted by Crippen LogP contribution is 2.17. The molecule has 3 rings (SSSR count). The van der Waals surface area contributed by atoms with Crippen LogP contribution in [0.25, 0.3) is 5.13 Å². The number of hydrogen-bond acceptors (Lipinski definition) is 5. The zero-order valence-electron chi connectivity index (χ0n) is 15.1. The van der Waals surface area contributed by atoms with Crippen LogP contribution in [0.4, 0.5) is 0 Å². The van der Waals surface area contributed by atoms with Gasteiger partial charge >= 0.3 is 0 Å². The van der Waals surface area contributed by atoms with Crippen LogP contribution in [0.1, 0.15) is 29.6 Å². The van der Waals surface area contributed by atoms with E-state index in [0.717, 1.165) is 34.2 Å². The van der Waals surface area contributed by atoms with Gasteiger partial charge in [-0.2, -0.15) is 5.10 Å². The van der Waals surface area contributed by atoms with Crippen LogP contribution in [0, 0.1) is 13.8 Å². The van der Waals surface area contributed by atoms with Crippen molar-refractivity contribution < 1.29 is 8.42 Å². The van der Waals surface area contributed by atoms with Crippen LogP contribution in [0.5, 0.6) is 0 Å². The molecule has 0 radical (unpaired) electrons. The fourth-order valence-corrected chi connectivity index (χ4v) is 4.53. The Morgan fingerprint density at radius 2 is 1.92 bits per heavy atom. The number of aromatic nitrogens is 3. The van der Waals surface area contributed by atoms with Gasteiger partial charge in [-0.15, -0.1) is 11.3 Å². The predicted octanol–water partition coefficient (Wildman–Crippen LogP) is 3.03. The molecule has 3 aromatic rings. The Labute approximate surface area is 158 Å². The highest BCUT2D eigenvalue weighted by Gasteiger charge is 2.14. The molecule has 2 heterocycles.